The summed E-state index contributed by atoms with van der Waals surface area (Å²) in [4.78, 5) is 17.8. The summed E-state index contributed by atoms with van der Waals surface area (Å²) in [5.41, 5.74) is 1.91. The molecule has 0 spiro atoms. The summed E-state index contributed by atoms with van der Waals surface area (Å²) in [5, 5.41) is 15.5. The molecule has 0 fully saturated rings. The molecule has 7 heteroatoms. The summed E-state index contributed by atoms with van der Waals surface area (Å²) in [5.74, 6) is -0.0903. The number of para-hydroxylation sites is 1. The van der Waals surface area contributed by atoms with Gasteiger partial charge in [-0.2, -0.15) is 10.2 Å². The van der Waals surface area contributed by atoms with Crippen LogP contribution in [0, 0.1) is 11.3 Å². The van der Waals surface area contributed by atoms with Crippen molar-refractivity contribution in [3.63, 3.8) is 0 Å². The zero-order chi connectivity index (χ0) is 19.3. The molecule has 2 heterocycles. The van der Waals surface area contributed by atoms with E-state index in [1.54, 1.807) is 28.9 Å². The summed E-state index contributed by atoms with van der Waals surface area (Å²) in [7, 11) is 0. The zero-order valence-electron chi connectivity index (χ0n) is 14.6. The molecule has 28 heavy (non-hydrogen) atoms. The number of rotatable bonds is 5. The molecule has 0 aliphatic rings. The third-order valence-corrected chi connectivity index (χ3v) is 4.89. The van der Waals surface area contributed by atoms with Crippen LogP contribution in [0.5, 0.6) is 0 Å². The standard InChI is InChI=1S/C21H14N4O2S/c22-13-15-7-4-5-8-16(15)14-27-21(26)19-23-20(18-11-6-12-28-18)25(24-19)17-9-2-1-3-10-17/h1-12H,14H2. The molecule has 0 bridgehead atoms. The zero-order valence-corrected chi connectivity index (χ0v) is 15.5. The van der Waals surface area contributed by atoms with Crippen molar-refractivity contribution < 1.29 is 9.53 Å². The van der Waals surface area contributed by atoms with Crippen LogP contribution in [0.1, 0.15) is 21.7 Å². The largest absolute Gasteiger partial charge is 0.455 e. The van der Waals surface area contributed by atoms with E-state index in [9.17, 15) is 4.79 Å². The second-order valence-corrected chi connectivity index (χ2v) is 6.78. The van der Waals surface area contributed by atoms with Crippen LogP contribution in [0.25, 0.3) is 16.4 Å². The minimum Gasteiger partial charge on any atom is -0.455 e. The van der Waals surface area contributed by atoms with Gasteiger partial charge >= 0.3 is 5.97 Å². The number of hydrogen-bond donors (Lipinski definition) is 0. The number of hydrogen-bond acceptors (Lipinski definition) is 6. The molecule has 6 nitrogen and oxygen atoms in total. The van der Waals surface area contributed by atoms with Crippen molar-refractivity contribution in [3.05, 3.63) is 89.1 Å². The highest BCUT2D eigenvalue weighted by Gasteiger charge is 2.20. The van der Waals surface area contributed by atoms with Gasteiger partial charge in [0.25, 0.3) is 5.82 Å². The molecule has 0 radical (unpaired) electrons. The van der Waals surface area contributed by atoms with Crippen molar-refractivity contribution in [2.75, 3.05) is 0 Å². The van der Waals surface area contributed by atoms with Crippen LogP contribution < -0.4 is 0 Å². The fraction of sp³-hybridized carbons (Fsp3) is 0.0476. The summed E-state index contributed by atoms with van der Waals surface area (Å²) < 4.78 is 6.98. The van der Waals surface area contributed by atoms with Gasteiger partial charge in [0, 0.05) is 5.56 Å². The van der Waals surface area contributed by atoms with Crippen LogP contribution >= 0.6 is 11.3 Å². The molecule has 0 atom stereocenters. The maximum absolute atomic E-state index is 12.5. The third kappa shape index (κ3) is 3.54. The Balaban J connectivity index is 1.63. The number of carbonyl (C=O) groups excluding carboxylic acids is 1. The van der Waals surface area contributed by atoms with Gasteiger partial charge in [0.15, 0.2) is 5.82 Å². The monoisotopic (exact) mass is 386 g/mol. The second-order valence-electron chi connectivity index (χ2n) is 5.83. The number of thiophene rings is 1. The SMILES string of the molecule is N#Cc1ccccc1COC(=O)c1nc(-c2cccs2)n(-c2ccccc2)n1. The Kier molecular flexibility index (Phi) is 4.95. The fourth-order valence-corrected chi connectivity index (χ4v) is 3.37. The fourth-order valence-electron chi connectivity index (χ4n) is 2.68. The van der Waals surface area contributed by atoms with Crippen molar-refractivity contribution in [2.24, 2.45) is 0 Å². The molecule has 4 aromatic rings. The van der Waals surface area contributed by atoms with Gasteiger partial charge in [-0.25, -0.2) is 9.48 Å². The molecule has 2 aromatic heterocycles. The van der Waals surface area contributed by atoms with Crippen LogP contribution in [0.15, 0.2) is 72.1 Å². The Bertz CT molecular complexity index is 1140. The Morgan fingerprint density at radius 3 is 2.61 bits per heavy atom. The van der Waals surface area contributed by atoms with Gasteiger partial charge in [-0.05, 0) is 29.6 Å². The number of ether oxygens (including phenoxy) is 1. The van der Waals surface area contributed by atoms with Crippen LogP contribution in [-0.4, -0.2) is 20.7 Å². The molecule has 2 aromatic carbocycles. The van der Waals surface area contributed by atoms with Crippen molar-refractivity contribution in [2.45, 2.75) is 6.61 Å². The van der Waals surface area contributed by atoms with Crippen molar-refractivity contribution in [1.29, 1.82) is 5.26 Å². The Morgan fingerprint density at radius 1 is 1.07 bits per heavy atom. The molecular weight excluding hydrogens is 372 g/mol. The Hall–Kier alpha value is -3.76. The van der Waals surface area contributed by atoms with E-state index in [0.717, 1.165) is 10.6 Å². The molecule has 0 saturated heterocycles. The van der Waals surface area contributed by atoms with Crippen molar-refractivity contribution in [1.82, 2.24) is 14.8 Å². The molecule has 0 aliphatic carbocycles. The Labute approximate surface area is 165 Å². The number of nitriles is 1. The number of benzene rings is 2. The molecular formula is C21H14N4O2S. The van der Waals surface area contributed by atoms with Crippen molar-refractivity contribution in [3.8, 4) is 22.5 Å². The van der Waals surface area contributed by atoms with Crippen LogP contribution in [-0.2, 0) is 11.3 Å². The van der Waals surface area contributed by atoms with E-state index >= 15 is 0 Å². The molecule has 0 saturated carbocycles. The van der Waals surface area contributed by atoms with Gasteiger partial charge < -0.3 is 4.74 Å². The minimum atomic E-state index is -0.639. The quantitative estimate of drug-likeness (QED) is 0.480. The number of nitrogens with zero attached hydrogens (tertiary/aromatic N) is 4. The summed E-state index contributed by atoms with van der Waals surface area (Å²) >= 11 is 1.51. The normalized spacial score (nSPS) is 10.4. The van der Waals surface area contributed by atoms with Crippen LogP contribution in [0.2, 0.25) is 0 Å². The Morgan fingerprint density at radius 2 is 1.86 bits per heavy atom. The lowest BCUT2D eigenvalue weighted by Crippen LogP contribution is -2.09. The highest BCUT2D eigenvalue weighted by molar-refractivity contribution is 7.13. The van der Waals surface area contributed by atoms with E-state index in [4.69, 9.17) is 10.00 Å². The van der Waals surface area contributed by atoms with Gasteiger partial charge in [-0.15, -0.1) is 16.4 Å². The first kappa shape index (κ1) is 17.6. The second kappa shape index (κ2) is 7.86. The van der Waals surface area contributed by atoms with E-state index in [-0.39, 0.29) is 12.4 Å². The average molecular weight is 386 g/mol. The highest BCUT2D eigenvalue weighted by atomic mass is 32.1. The maximum Gasteiger partial charge on any atom is 0.378 e. The first-order chi connectivity index (χ1) is 13.8. The highest BCUT2D eigenvalue weighted by Crippen LogP contribution is 2.25. The molecule has 0 aliphatic heterocycles. The summed E-state index contributed by atoms with van der Waals surface area (Å²) in [6, 6.07) is 22.4. The predicted molar refractivity (Wildman–Crippen MR) is 105 cm³/mol. The lowest BCUT2D eigenvalue weighted by Gasteiger charge is -2.04. The van der Waals surface area contributed by atoms with Crippen LogP contribution in [0.3, 0.4) is 0 Å². The van der Waals surface area contributed by atoms with E-state index in [1.807, 2.05) is 47.8 Å². The van der Waals surface area contributed by atoms with Gasteiger partial charge in [0.05, 0.1) is 22.2 Å². The van der Waals surface area contributed by atoms with E-state index in [2.05, 4.69) is 16.2 Å². The number of aromatic nitrogens is 3. The summed E-state index contributed by atoms with van der Waals surface area (Å²) in [6.07, 6.45) is 0. The molecule has 136 valence electrons. The molecule has 0 amide bonds. The maximum atomic E-state index is 12.5. The number of esters is 1. The van der Waals surface area contributed by atoms with E-state index in [1.165, 1.54) is 11.3 Å². The first-order valence-corrected chi connectivity index (χ1v) is 9.35. The van der Waals surface area contributed by atoms with Gasteiger partial charge in [0.2, 0.25) is 0 Å². The van der Waals surface area contributed by atoms with Gasteiger partial charge in [0.1, 0.15) is 6.61 Å². The predicted octanol–water partition coefficient (Wildman–Crippen LogP) is 4.22. The lowest BCUT2D eigenvalue weighted by atomic mass is 10.1. The number of carbonyl (C=O) groups is 1. The minimum absolute atomic E-state index is 0.0171. The molecule has 0 unspecified atom stereocenters. The average Bonchev–Trinajstić information content (AvgIpc) is 3.42. The van der Waals surface area contributed by atoms with Crippen molar-refractivity contribution >= 4 is 17.3 Å². The van der Waals surface area contributed by atoms with Gasteiger partial charge in [-0.1, -0.05) is 42.5 Å². The van der Waals surface area contributed by atoms with Gasteiger partial charge in [-0.3, -0.25) is 0 Å². The van der Waals surface area contributed by atoms with Crippen LogP contribution in [0.4, 0.5) is 0 Å². The first-order valence-electron chi connectivity index (χ1n) is 8.48. The third-order valence-electron chi connectivity index (χ3n) is 4.03. The van der Waals surface area contributed by atoms with E-state index < -0.39 is 5.97 Å². The lowest BCUT2D eigenvalue weighted by molar-refractivity contribution is 0.0458. The molecule has 4 rings (SSSR count). The molecule has 0 N–H and O–H groups in total. The smallest absolute Gasteiger partial charge is 0.378 e. The topological polar surface area (TPSA) is 80.8 Å². The summed E-state index contributed by atoms with van der Waals surface area (Å²) in [6.45, 7) is -0.0171. The van der Waals surface area contributed by atoms with E-state index in [0.29, 0.717) is 17.0 Å².